The van der Waals surface area contributed by atoms with Crippen molar-refractivity contribution in [2.24, 2.45) is 0 Å². The third-order valence-electron chi connectivity index (χ3n) is 3.05. The molecule has 0 spiro atoms. The molecule has 0 fully saturated rings. The van der Waals surface area contributed by atoms with E-state index in [0.717, 1.165) is 28.3 Å². The molecule has 0 aliphatic carbocycles. The molecule has 0 unspecified atom stereocenters. The summed E-state index contributed by atoms with van der Waals surface area (Å²) in [6.07, 6.45) is 3.77. The van der Waals surface area contributed by atoms with Crippen molar-refractivity contribution in [2.75, 3.05) is 12.4 Å². The Morgan fingerprint density at radius 3 is 2.95 bits per heavy atom. The number of aromatic nitrogens is 2. The maximum absolute atomic E-state index is 5.23. The second kappa shape index (κ2) is 5.08. The van der Waals surface area contributed by atoms with Gasteiger partial charge in [0.1, 0.15) is 11.4 Å². The first-order valence-corrected chi connectivity index (χ1v) is 6.74. The van der Waals surface area contributed by atoms with Gasteiger partial charge in [-0.25, -0.2) is 4.98 Å². The Hall–Kier alpha value is -1.76. The van der Waals surface area contributed by atoms with E-state index in [0.29, 0.717) is 0 Å². The van der Waals surface area contributed by atoms with Gasteiger partial charge in [-0.1, -0.05) is 6.07 Å². The molecule has 3 aromatic rings. The number of fused-ring (bicyclic) bond motifs is 1. The van der Waals surface area contributed by atoms with E-state index in [4.69, 9.17) is 3.07 Å². The normalized spacial score (nSPS) is 10.6. The van der Waals surface area contributed by atoms with E-state index in [9.17, 15) is 0 Å². The van der Waals surface area contributed by atoms with Gasteiger partial charge >= 0.3 is 0 Å². The molecule has 0 saturated carbocycles. The van der Waals surface area contributed by atoms with Gasteiger partial charge in [0.05, 0.1) is 5.69 Å². The molecule has 0 amide bonds. The van der Waals surface area contributed by atoms with E-state index >= 15 is 0 Å². The van der Waals surface area contributed by atoms with Crippen LogP contribution >= 0.6 is 23.0 Å². The molecular formula is C14H12IN3O. The first-order valence-electron chi connectivity index (χ1n) is 5.86. The smallest absolute Gasteiger partial charge is 0.192 e. The minimum absolute atomic E-state index is 0.825. The largest absolute Gasteiger partial charge is 0.428 e. The standard InChI is InChI=1S/C14H12IN3O/c1-16-12-9-10(19-15)5-6-11(12)13-3-2-4-14-17-7-8-18(13)14/h2-9,16H,1H3. The summed E-state index contributed by atoms with van der Waals surface area (Å²) in [5.41, 5.74) is 4.17. The molecule has 0 saturated heterocycles. The number of imidazole rings is 1. The van der Waals surface area contributed by atoms with Crippen molar-refractivity contribution in [3.8, 4) is 17.0 Å². The van der Waals surface area contributed by atoms with E-state index in [2.05, 4.69) is 26.8 Å². The molecule has 3 rings (SSSR count). The summed E-state index contributed by atoms with van der Waals surface area (Å²) in [5, 5.41) is 3.21. The zero-order chi connectivity index (χ0) is 13.2. The van der Waals surface area contributed by atoms with Crippen LogP contribution in [-0.4, -0.2) is 16.4 Å². The molecule has 0 radical (unpaired) electrons. The number of nitrogens with one attached hydrogen (secondary N) is 1. The van der Waals surface area contributed by atoms with Gasteiger partial charge in [0.25, 0.3) is 0 Å². The Morgan fingerprint density at radius 1 is 1.26 bits per heavy atom. The fourth-order valence-corrected chi connectivity index (χ4v) is 2.44. The summed E-state index contributed by atoms with van der Waals surface area (Å²) in [4.78, 5) is 4.31. The summed E-state index contributed by atoms with van der Waals surface area (Å²) in [6.45, 7) is 0. The summed E-state index contributed by atoms with van der Waals surface area (Å²) in [7, 11) is 1.91. The Bertz CT molecular complexity index is 724. The fraction of sp³-hybridized carbons (Fsp3) is 0.0714. The van der Waals surface area contributed by atoms with Crippen LogP contribution in [0.3, 0.4) is 0 Å². The molecular weight excluding hydrogens is 353 g/mol. The maximum atomic E-state index is 5.23. The lowest BCUT2D eigenvalue weighted by Gasteiger charge is -2.12. The van der Waals surface area contributed by atoms with Crippen molar-refractivity contribution in [1.29, 1.82) is 0 Å². The molecule has 4 nitrogen and oxygen atoms in total. The Labute approximate surface area is 125 Å². The van der Waals surface area contributed by atoms with Crippen molar-refractivity contribution < 1.29 is 3.07 Å². The van der Waals surface area contributed by atoms with Gasteiger partial charge in [-0.15, -0.1) is 0 Å². The zero-order valence-electron chi connectivity index (χ0n) is 10.3. The number of nitrogens with zero attached hydrogens (tertiary/aromatic N) is 2. The highest BCUT2D eigenvalue weighted by molar-refractivity contribution is 14.1. The number of pyridine rings is 1. The van der Waals surface area contributed by atoms with E-state index < -0.39 is 0 Å². The molecule has 1 aromatic carbocycles. The molecule has 2 heterocycles. The second-order valence-corrected chi connectivity index (χ2v) is 4.54. The highest BCUT2D eigenvalue weighted by atomic mass is 127. The van der Waals surface area contributed by atoms with Gasteiger partial charge < -0.3 is 8.38 Å². The number of rotatable bonds is 3. The van der Waals surface area contributed by atoms with Crippen LogP contribution in [0.15, 0.2) is 48.8 Å². The van der Waals surface area contributed by atoms with Crippen molar-refractivity contribution in [2.45, 2.75) is 0 Å². The van der Waals surface area contributed by atoms with Gasteiger partial charge in [0.15, 0.2) is 23.0 Å². The number of hydrogen-bond donors (Lipinski definition) is 1. The van der Waals surface area contributed by atoms with Crippen molar-refractivity contribution in [3.63, 3.8) is 0 Å². The van der Waals surface area contributed by atoms with Crippen LogP contribution in [0.2, 0.25) is 0 Å². The third-order valence-corrected chi connectivity index (χ3v) is 3.56. The molecule has 2 aromatic heterocycles. The lowest BCUT2D eigenvalue weighted by atomic mass is 10.1. The summed E-state index contributed by atoms with van der Waals surface area (Å²) in [5.74, 6) is 0.825. The maximum Gasteiger partial charge on any atom is 0.192 e. The van der Waals surface area contributed by atoms with Gasteiger partial charge in [0.2, 0.25) is 0 Å². The van der Waals surface area contributed by atoms with Crippen molar-refractivity contribution >= 4 is 34.3 Å². The van der Waals surface area contributed by atoms with Crippen LogP contribution in [0.1, 0.15) is 0 Å². The molecule has 1 N–H and O–H groups in total. The zero-order valence-corrected chi connectivity index (χ0v) is 12.5. The van der Waals surface area contributed by atoms with Crippen LogP contribution < -0.4 is 8.38 Å². The number of benzene rings is 1. The number of hydrogen-bond acceptors (Lipinski definition) is 3. The molecule has 0 bridgehead atoms. The average Bonchev–Trinajstić information content (AvgIpc) is 2.95. The van der Waals surface area contributed by atoms with E-state index in [-0.39, 0.29) is 0 Å². The Kier molecular flexibility index (Phi) is 3.29. The van der Waals surface area contributed by atoms with E-state index in [1.54, 1.807) is 6.20 Å². The highest BCUT2D eigenvalue weighted by Crippen LogP contribution is 2.32. The quantitative estimate of drug-likeness (QED) is 0.719. The first kappa shape index (κ1) is 12.3. The predicted molar refractivity (Wildman–Crippen MR) is 84.8 cm³/mol. The summed E-state index contributed by atoms with van der Waals surface area (Å²) >= 11 is 1.88. The van der Waals surface area contributed by atoms with Gasteiger partial charge in [-0.3, -0.25) is 4.40 Å². The lowest BCUT2D eigenvalue weighted by Crippen LogP contribution is -1.96. The predicted octanol–water partition coefficient (Wildman–Crippen LogP) is 3.77. The molecule has 0 aliphatic heterocycles. The third kappa shape index (κ3) is 2.14. The van der Waals surface area contributed by atoms with Crippen LogP contribution in [0.5, 0.6) is 5.75 Å². The monoisotopic (exact) mass is 365 g/mol. The van der Waals surface area contributed by atoms with Crippen molar-refractivity contribution in [1.82, 2.24) is 9.38 Å². The van der Waals surface area contributed by atoms with E-state index in [1.165, 1.54) is 0 Å². The van der Waals surface area contributed by atoms with Gasteiger partial charge in [-0.05, 0) is 24.3 Å². The Balaban J connectivity index is 2.23. The number of halogens is 1. The van der Waals surface area contributed by atoms with Crippen LogP contribution in [-0.2, 0) is 0 Å². The van der Waals surface area contributed by atoms with E-state index in [1.807, 2.05) is 60.5 Å². The average molecular weight is 365 g/mol. The second-order valence-electron chi connectivity index (χ2n) is 4.10. The fourth-order valence-electron chi connectivity index (χ4n) is 2.17. The van der Waals surface area contributed by atoms with Crippen molar-refractivity contribution in [3.05, 3.63) is 48.8 Å². The molecule has 5 heteroatoms. The molecule has 19 heavy (non-hydrogen) atoms. The number of anilines is 1. The lowest BCUT2D eigenvalue weighted by molar-refractivity contribution is 0.717. The minimum Gasteiger partial charge on any atom is -0.428 e. The van der Waals surface area contributed by atoms with Gasteiger partial charge in [-0.2, -0.15) is 0 Å². The summed E-state index contributed by atoms with van der Waals surface area (Å²) < 4.78 is 7.30. The SMILES string of the molecule is CNc1cc(OI)ccc1-c1cccc2nccn12. The summed E-state index contributed by atoms with van der Waals surface area (Å²) in [6, 6.07) is 12.1. The van der Waals surface area contributed by atoms with Crippen LogP contribution in [0, 0.1) is 0 Å². The Morgan fingerprint density at radius 2 is 2.16 bits per heavy atom. The topological polar surface area (TPSA) is 38.6 Å². The molecule has 96 valence electrons. The minimum atomic E-state index is 0.825. The van der Waals surface area contributed by atoms with Crippen LogP contribution in [0.4, 0.5) is 5.69 Å². The van der Waals surface area contributed by atoms with Gasteiger partial charge in [0, 0.05) is 36.8 Å². The highest BCUT2D eigenvalue weighted by Gasteiger charge is 2.09. The molecule has 0 atom stereocenters. The van der Waals surface area contributed by atoms with Crippen LogP contribution in [0.25, 0.3) is 16.9 Å². The first-order chi connectivity index (χ1) is 9.33. The molecule has 0 aliphatic rings.